The van der Waals surface area contributed by atoms with Crippen molar-refractivity contribution in [1.82, 2.24) is 9.55 Å². The molecule has 0 saturated carbocycles. The fourth-order valence-electron chi connectivity index (χ4n) is 2.95. The van der Waals surface area contributed by atoms with Gasteiger partial charge in [0.1, 0.15) is 18.9 Å². The summed E-state index contributed by atoms with van der Waals surface area (Å²) >= 11 is 6.07. The first-order valence-corrected chi connectivity index (χ1v) is 9.22. The highest BCUT2D eigenvalue weighted by atomic mass is 35.5. The van der Waals surface area contributed by atoms with Crippen LogP contribution in [0.15, 0.2) is 79.1 Å². The third kappa shape index (κ3) is 4.32. The molecule has 1 amide bonds. The Hall–Kier alpha value is -3.31. The van der Waals surface area contributed by atoms with Crippen LogP contribution in [0.1, 0.15) is 5.69 Å². The number of nitrogens with one attached hydrogen (secondary N) is 1. The lowest BCUT2D eigenvalue weighted by Gasteiger charge is -2.10. The molecular formula is C22H18ClN3O2. The molecule has 140 valence electrons. The predicted molar refractivity (Wildman–Crippen MR) is 111 cm³/mol. The van der Waals surface area contributed by atoms with Gasteiger partial charge < -0.3 is 14.6 Å². The van der Waals surface area contributed by atoms with E-state index in [1.165, 1.54) is 0 Å². The summed E-state index contributed by atoms with van der Waals surface area (Å²) in [6.45, 7) is 0.567. The van der Waals surface area contributed by atoms with Gasteiger partial charge in [0.25, 0.3) is 0 Å². The molecule has 4 aromatic rings. The Morgan fingerprint density at radius 3 is 2.86 bits per heavy atom. The fraction of sp³-hybridized carbons (Fsp3) is 0.0909. The molecule has 0 aliphatic rings. The number of rotatable bonds is 6. The van der Waals surface area contributed by atoms with Crippen molar-refractivity contribution in [3.05, 3.63) is 89.8 Å². The minimum absolute atomic E-state index is 0.126. The number of ether oxygens (including phenoxy) is 1. The number of fused-ring (bicyclic) bond motifs is 1. The van der Waals surface area contributed by atoms with Gasteiger partial charge in [0.2, 0.25) is 5.91 Å². The summed E-state index contributed by atoms with van der Waals surface area (Å²) in [6, 6.07) is 20.6. The van der Waals surface area contributed by atoms with Crippen LogP contribution in [0, 0.1) is 0 Å². The molecule has 5 nitrogen and oxygen atoms in total. The molecule has 0 atom stereocenters. The monoisotopic (exact) mass is 391 g/mol. The SMILES string of the molecule is O=C(Cn1ccc2ccc(Cl)cc21)Nc1cccc(OCc2ccccn2)c1. The van der Waals surface area contributed by atoms with Crippen molar-refractivity contribution < 1.29 is 9.53 Å². The van der Waals surface area contributed by atoms with Crippen LogP contribution < -0.4 is 10.1 Å². The molecule has 0 saturated heterocycles. The quantitative estimate of drug-likeness (QED) is 0.508. The van der Waals surface area contributed by atoms with Crippen LogP contribution in [0.25, 0.3) is 10.9 Å². The van der Waals surface area contributed by atoms with E-state index in [-0.39, 0.29) is 12.5 Å². The fourth-order valence-corrected chi connectivity index (χ4v) is 3.12. The maximum atomic E-state index is 12.5. The molecule has 2 aromatic carbocycles. The first-order valence-electron chi connectivity index (χ1n) is 8.84. The molecule has 4 rings (SSSR count). The van der Waals surface area contributed by atoms with Gasteiger partial charge in [-0.05, 0) is 47.9 Å². The largest absolute Gasteiger partial charge is 0.487 e. The number of hydrogen-bond acceptors (Lipinski definition) is 3. The number of carbonyl (C=O) groups excluding carboxylic acids is 1. The van der Waals surface area contributed by atoms with E-state index in [0.29, 0.717) is 23.1 Å². The highest BCUT2D eigenvalue weighted by Crippen LogP contribution is 2.21. The zero-order chi connectivity index (χ0) is 19.3. The summed E-state index contributed by atoms with van der Waals surface area (Å²) in [7, 11) is 0. The van der Waals surface area contributed by atoms with E-state index in [1.54, 1.807) is 12.3 Å². The van der Waals surface area contributed by atoms with Crippen LogP contribution in [0.2, 0.25) is 5.02 Å². The Balaban J connectivity index is 1.40. The number of hydrogen-bond donors (Lipinski definition) is 1. The standard InChI is InChI=1S/C22H18ClN3O2/c23-17-8-7-16-9-11-26(21(16)12-17)14-22(27)25-18-5-3-6-20(13-18)28-15-19-4-1-2-10-24-19/h1-13H,14-15H2,(H,25,27). The third-order valence-corrected chi connectivity index (χ3v) is 4.52. The average Bonchev–Trinajstić information content (AvgIpc) is 3.09. The van der Waals surface area contributed by atoms with Crippen molar-refractivity contribution in [2.75, 3.05) is 5.32 Å². The molecule has 2 aromatic heterocycles. The van der Waals surface area contributed by atoms with Gasteiger partial charge in [-0.3, -0.25) is 9.78 Å². The number of carbonyl (C=O) groups is 1. The van der Waals surface area contributed by atoms with Crippen LogP contribution in [0.3, 0.4) is 0 Å². The maximum Gasteiger partial charge on any atom is 0.244 e. The third-order valence-electron chi connectivity index (χ3n) is 4.28. The van der Waals surface area contributed by atoms with Gasteiger partial charge in [-0.2, -0.15) is 0 Å². The summed E-state index contributed by atoms with van der Waals surface area (Å²) in [5.41, 5.74) is 2.45. The first kappa shape index (κ1) is 18.1. The Bertz CT molecular complexity index is 1110. The van der Waals surface area contributed by atoms with Crippen molar-refractivity contribution in [2.24, 2.45) is 0 Å². The highest BCUT2D eigenvalue weighted by Gasteiger charge is 2.08. The van der Waals surface area contributed by atoms with Crippen LogP contribution >= 0.6 is 11.6 Å². The number of benzene rings is 2. The van der Waals surface area contributed by atoms with Crippen molar-refractivity contribution >= 4 is 34.1 Å². The molecule has 0 aliphatic heterocycles. The van der Waals surface area contributed by atoms with Gasteiger partial charge in [-0.25, -0.2) is 0 Å². The summed E-state index contributed by atoms with van der Waals surface area (Å²) < 4.78 is 7.63. The van der Waals surface area contributed by atoms with E-state index >= 15 is 0 Å². The van der Waals surface area contributed by atoms with Gasteiger partial charge in [-0.15, -0.1) is 0 Å². The van der Waals surface area contributed by atoms with Crippen molar-refractivity contribution in [3.8, 4) is 5.75 Å². The molecule has 6 heteroatoms. The topological polar surface area (TPSA) is 56.2 Å². The zero-order valence-electron chi connectivity index (χ0n) is 15.0. The van der Waals surface area contributed by atoms with E-state index in [4.69, 9.17) is 16.3 Å². The Labute approximate surface area is 167 Å². The van der Waals surface area contributed by atoms with Crippen molar-refractivity contribution in [3.63, 3.8) is 0 Å². The van der Waals surface area contributed by atoms with Gasteiger partial charge in [0.15, 0.2) is 0 Å². The molecule has 0 unspecified atom stereocenters. The molecule has 0 aliphatic carbocycles. The van der Waals surface area contributed by atoms with E-state index in [0.717, 1.165) is 16.6 Å². The first-order chi connectivity index (χ1) is 13.7. The minimum atomic E-state index is -0.126. The lowest BCUT2D eigenvalue weighted by molar-refractivity contribution is -0.116. The number of anilines is 1. The molecule has 0 spiro atoms. The van der Waals surface area contributed by atoms with Gasteiger partial charge in [0.05, 0.1) is 5.69 Å². The van der Waals surface area contributed by atoms with E-state index < -0.39 is 0 Å². The smallest absolute Gasteiger partial charge is 0.244 e. The lowest BCUT2D eigenvalue weighted by atomic mass is 10.2. The summed E-state index contributed by atoms with van der Waals surface area (Å²) in [6.07, 6.45) is 3.61. The summed E-state index contributed by atoms with van der Waals surface area (Å²) in [4.78, 5) is 16.7. The van der Waals surface area contributed by atoms with Gasteiger partial charge in [0, 0.05) is 34.7 Å². The van der Waals surface area contributed by atoms with Crippen molar-refractivity contribution in [2.45, 2.75) is 13.2 Å². The summed E-state index contributed by atoms with van der Waals surface area (Å²) in [5.74, 6) is 0.543. The molecule has 28 heavy (non-hydrogen) atoms. The molecule has 0 radical (unpaired) electrons. The van der Waals surface area contributed by atoms with Gasteiger partial charge in [-0.1, -0.05) is 29.8 Å². The number of nitrogens with zero attached hydrogens (tertiary/aromatic N) is 2. The second-order valence-corrected chi connectivity index (χ2v) is 6.77. The van der Waals surface area contributed by atoms with Crippen LogP contribution in [0.4, 0.5) is 5.69 Å². The second-order valence-electron chi connectivity index (χ2n) is 6.33. The van der Waals surface area contributed by atoms with Crippen LogP contribution in [-0.4, -0.2) is 15.5 Å². The Kier molecular flexibility index (Phi) is 5.26. The highest BCUT2D eigenvalue weighted by molar-refractivity contribution is 6.31. The molecule has 1 N–H and O–H groups in total. The average molecular weight is 392 g/mol. The Morgan fingerprint density at radius 1 is 1.07 bits per heavy atom. The molecule has 0 bridgehead atoms. The number of aromatic nitrogens is 2. The maximum absolute atomic E-state index is 12.5. The second kappa shape index (κ2) is 8.15. The van der Waals surface area contributed by atoms with Gasteiger partial charge >= 0.3 is 0 Å². The number of halogens is 1. The number of amides is 1. The molecule has 0 fully saturated rings. The zero-order valence-corrected chi connectivity index (χ0v) is 15.8. The van der Waals surface area contributed by atoms with E-state index in [2.05, 4.69) is 10.3 Å². The van der Waals surface area contributed by atoms with Crippen LogP contribution in [-0.2, 0) is 17.9 Å². The molecule has 2 heterocycles. The lowest BCUT2D eigenvalue weighted by Crippen LogP contribution is -2.18. The minimum Gasteiger partial charge on any atom is -0.487 e. The van der Waals surface area contributed by atoms with Crippen molar-refractivity contribution in [1.29, 1.82) is 0 Å². The Morgan fingerprint density at radius 2 is 2.00 bits per heavy atom. The normalized spacial score (nSPS) is 10.8. The van der Waals surface area contributed by atoms with Crippen LogP contribution in [0.5, 0.6) is 5.75 Å². The van der Waals surface area contributed by atoms with E-state index in [1.807, 2.05) is 71.4 Å². The molecular weight excluding hydrogens is 374 g/mol. The summed E-state index contributed by atoms with van der Waals surface area (Å²) in [5, 5.41) is 4.60. The predicted octanol–water partition coefficient (Wildman–Crippen LogP) is 4.91. The number of pyridine rings is 1. The van der Waals surface area contributed by atoms with E-state index in [9.17, 15) is 4.79 Å².